The first-order chi connectivity index (χ1) is 13.5. The van der Waals surface area contributed by atoms with E-state index in [1.54, 1.807) is 0 Å². The van der Waals surface area contributed by atoms with E-state index in [0.717, 1.165) is 20.8 Å². The maximum absolute atomic E-state index is 12.1. The van der Waals surface area contributed by atoms with Crippen LogP contribution in [-0.4, -0.2) is 104 Å². The molecule has 0 aliphatic heterocycles. The maximum Gasteiger partial charge on any atom is 0.466 e. The smallest absolute Gasteiger partial charge is 0.466 e. The Morgan fingerprint density at radius 1 is 0.645 bits per heavy atom. The van der Waals surface area contributed by atoms with Crippen molar-refractivity contribution in [3.05, 3.63) is 0 Å². The number of hydrogen-bond donors (Lipinski definition) is 9. The van der Waals surface area contributed by atoms with E-state index in [2.05, 4.69) is 0 Å². The van der Waals surface area contributed by atoms with Crippen LogP contribution in [0, 0.1) is 0 Å². The molecule has 190 valence electrons. The predicted molar refractivity (Wildman–Crippen MR) is 101 cm³/mol. The van der Waals surface area contributed by atoms with Crippen molar-refractivity contribution in [2.45, 2.75) is 84.7 Å². The topological polar surface area (TPSA) is 262 Å². The van der Waals surface area contributed by atoms with Gasteiger partial charge in [-0.05, 0) is 7.60 Å². The Bertz CT molecular complexity index is 578. The van der Waals surface area contributed by atoms with E-state index in [9.17, 15) is 45.0 Å². The molecule has 0 amide bonds. The zero-order chi connectivity index (χ0) is 25.7. The molecule has 7 atom stereocenters. The summed E-state index contributed by atoms with van der Waals surface area (Å²) in [5, 5.41) is 61.1. The molecule has 0 aromatic rings. The van der Waals surface area contributed by atoms with E-state index in [4.69, 9.17) is 19.2 Å². The zero-order valence-electron chi connectivity index (χ0n) is 18.2. The highest BCUT2D eigenvalue weighted by Crippen LogP contribution is 2.45. The summed E-state index contributed by atoms with van der Waals surface area (Å²) in [6, 6.07) is 0. The molecule has 17 heteroatoms. The highest BCUT2D eigenvalue weighted by Gasteiger charge is 2.56. The van der Waals surface area contributed by atoms with Crippen LogP contribution >= 0.6 is 15.4 Å². The van der Waals surface area contributed by atoms with Gasteiger partial charge >= 0.3 is 7.82 Å². The van der Waals surface area contributed by atoms with Crippen molar-refractivity contribution >= 4 is 15.4 Å². The summed E-state index contributed by atoms with van der Waals surface area (Å²) in [5.74, 6) is -2.17. The standard InChI is InChI=1S/C14H33N2O9P.H3O4P/c1-8(17)15(9(2)18,10(3)19)7-14(26(23,24)25)16(11(4)20,12(5)21)13(6)22;1-5(2,3)4/h8-14,17-22H,7H2,1-6H3;(H3,1,2,3,4). The molecular formula is C14H36N2O13P2. The molecule has 7 unspecified atom stereocenters. The average Bonchev–Trinajstić information content (AvgIpc) is 2.45. The quantitative estimate of drug-likeness (QED) is 0.0783. The summed E-state index contributed by atoms with van der Waals surface area (Å²) < 4.78 is 18.6. The molecule has 9 N–H and O–H groups in total. The van der Waals surface area contributed by atoms with E-state index in [1.165, 1.54) is 20.8 Å². The number of aliphatic hydroxyl groups excluding tert-OH is 6. The molecule has 0 rings (SSSR count). The first kappa shape index (κ1) is 33.1. The monoisotopic (exact) mass is 502 g/mol. The van der Waals surface area contributed by atoms with Crippen LogP contribution < -0.4 is 9.79 Å². The summed E-state index contributed by atoms with van der Waals surface area (Å²) in [4.78, 5) is 45.8. The second-order valence-corrected chi connectivity index (χ2v) is 10.1. The molecule has 0 heterocycles. The molecule has 0 bridgehead atoms. The Balaban J connectivity index is 0. The number of aliphatic hydroxyl groups is 6. The lowest BCUT2D eigenvalue weighted by molar-refractivity contribution is -1.09. The van der Waals surface area contributed by atoms with Crippen LogP contribution in [0.5, 0.6) is 0 Å². The Kier molecular flexibility index (Phi) is 12.7. The lowest BCUT2D eigenvalue weighted by Gasteiger charge is -2.58. The number of nitrogens with zero attached hydrogens (tertiary/aromatic N) is 2. The van der Waals surface area contributed by atoms with Crippen molar-refractivity contribution in [1.29, 1.82) is 0 Å². The van der Waals surface area contributed by atoms with Crippen LogP contribution in [0.1, 0.15) is 41.5 Å². The van der Waals surface area contributed by atoms with Gasteiger partial charge in [-0.25, -0.2) is 13.5 Å². The highest BCUT2D eigenvalue weighted by atomic mass is 31.2. The fourth-order valence-electron chi connectivity index (χ4n) is 3.85. The molecule has 0 saturated carbocycles. The van der Waals surface area contributed by atoms with Gasteiger partial charge in [0.15, 0.2) is 43.2 Å². The van der Waals surface area contributed by atoms with Crippen LogP contribution in [-0.2, 0) is 9.13 Å². The van der Waals surface area contributed by atoms with Crippen molar-refractivity contribution < 1.29 is 73.2 Å². The Hall–Kier alpha value is -0.0600. The molecule has 0 aliphatic rings. The van der Waals surface area contributed by atoms with Crippen LogP contribution in [0.25, 0.3) is 0 Å². The molecule has 0 aromatic carbocycles. The maximum atomic E-state index is 12.1. The Morgan fingerprint density at radius 2 is 0.871 bits per heavy atom. The van der Waals surface area contributed by atoms with Gasteiger partial charge in [0.25, 0.3) is 0 Å². The fourth-order valence-corrected chi connectivity index (χ4v) is 5.40. The lowest BCUT2D eigenvalue weighted by atomic mass is 10.2. The summed E-state index contributed by atoms with van der Waals surface area (Å²) in [5.41, 5.74) is 0. The summed E-state index contributed by atoms with van der Waals surface area (Å²) in [7, 11) is -10.3. The fraction of sp³-hybridized carbons (Fsp3) is 1.00. The van der Waals surface area contributed by atoms with Crippen molar-refractivity contribution in [2.24, 2.45) is 0 Å². The number of hydrogen-bond acceptors (Lipinski definition) is 10. The molecule has 0 aromatic heterocycles. The van der Waals surface area contributed by atoms with Gasteiger partial charge in [0.1, 0.15) is 6.54 Å². The summed E-state index contributed by atoms with van der Waals surface area (Å²) >= 11 is 0. The molecule has 15 nitrogen and oxygen atoms in total. The molecule has 0 saturated heterocycles. The van der Waals surface area contributed by atoms with E-state index in [0.29, 0.717) is 0 Å². The Labute approximate surface area is 180 Å². The van der Waals surface area contributed by atoms with Gasteiger partial charge in [-0.3, -0.25) is 0 Å². The van der Waals surface area contributed by atoms with Gasteiger partial charge in [0, 0.05) is 41.5 Å². The van der Waals surface area contributed by atoms with Gasteiger partial charge < -0.3 is 59.7 Å². The molecule has 31 heavy (non-hydrogen) atoms. The predicted octanol–water partition coefficient (Wildman–Crippen LogP) is -4.04. The first-order valence-corrected chi connectivity index (χ1v) is 12.3. The van der Waals surface area contributed by atoms with Gasteiger partial charge in [-0.2, -0.15) is 0 Å². The van der Waals surface area contributed by atoms with Gasteiger partial charge in [-0.15, -0.1) is 0 Å². The van der Waals surface area contributed by atoms with E-state index < -0.39 is 74.1 Å². The third-order valence-electron chi connectivity index (χ3n) is 5.39. The third kappa shape index (κ3) is 8.34. The SMILES string of the molecule is CC(O)[N+](CC([N+](C(C)O)(C(C)O)C(C)O)P(=O)([O-])[O-])(C(C)O)C(C)O.O=P(O)(O)O. The molecule has 0 radical (unpaired) electrons. The van der Waals surface area contributed by atoms with Crippen molar-refractivity contribution in [3.63, 3.8) is 0 Å². The molecule has 0 spiro atoms. The lowest BCUT2D eigenvalue weighted by Crippen LogP contribution is -2.76. The molecular weight excluding hydrogens is 466 g/mol. The normalized spacial score (nSPS) is 23.6. The van der Waals surface area contributed by atoms with Gasteiger partial charge in [0.05, 0.1) is 0 Å². The van der Waals surface area contributed by atoms with E-state index >= 15 is 0 Å². The van der Waals surface area contributed by atoms with Gasteiger partial charge in [-0.1, -0.05) is 0 Å². The second-order valence-electron chi connectivity index (χ2n) is 7.40. The van der Waals surface area contributed by atoms with Crippen molar-refractivity contribution in [3.8, 4) is 0 Å². The summed E-state index contributed by atoms with van der Waals surface area (Å²) in [6.45, 7) is 6.02. The first-order valence-electron chi connectivity index (χ1n) is 9.13. The van der Waals surface area contributed by atoms with Crippen molar-refractivity contribution in [2.75, 3.05) is 6.54 Å². The number of phosphoric acid groups is 1. The van der Waals surface area contributed by atoms with Crippen LogP contribution in [0.15, 0.2) is 0 Å². The van der Waals surface area contributed by atoms with E-state index in [1.807, 2.05) is 0 Å². The number of rotatable bonds is 10. The van der Waals surface area contributed by atoms with Crippen LogP contribution in [0.4, 0.5) is 0 Å². The van der Waals surface area contributed by atoms with Gasteiger partial charge in [0.2, 0.25) is 0 Å². The van der Waals surface area contributed by atoms with Crippen LogP contribution in [0.2, 0.25) is 0 Å². The summed E-state index contributed by atoms with van der Waals surface area (Å²) in [6.07, 6.45) is -9.63. The van der Waals surface area contributed by atoms with Crippen LogP contribution in [0.3, 0.4) is 0 Å². The average molecular weight is 502 g/mol. The third-order valence-corrected chi connectivity index (χ3v) is 6.68. The minimum atomic E-state index is -5.63. The molecule has 0 aliphatic carbocycles. The van der Waals surface area contributed by atoms with Crippen molar-refractivity contribution in [1.82, 2.24) is 0 Å². The second kappa shape index (κ2) is 11.9. The highest BCUT2D eigenvalue weighted by molar-refractivity contribution is 7.49. The zero-order valence-corrected chi connectivity index (χ0v) is 20.0. The molecule has 0 fully saturated rings. The van der Waals surface area contributed by atoms with E-state index in [-0.39, 0.29) is 0 Å². The largest absolute Gasteiger partial charge is 0.806 e. The minimum Gasteiger partial charge on any atom is -0.806 e. The minimum absolute atomic E-state index is 0.863. The number of quaternary nitrogens is 2. The Morgan fingerprint density at radius 3 is 1.00 bits per heavy atom.